The molecule has 1 aliphatic rings. The molecule has 0 aliphatic carbocycles. The van der Waals surface area contributed by atoms with E-state index in [0.717, 1.165) is 6.42 Å². The number of nitrogens with zero attached hydrogens (tertiary/aromatic N) is 1. The summed E-state index contributed by atoms with van der Waals surface area (Å²) in [5.74, 6) is -0.322. The zero-order valence-corrected chi connectivity index (χ0v) is 11.7. The Kier molecular flexibility index (Phi) is 5.24. The molecule has 1 aliphatic heterocycles. The maximum Gasteiger partial charge on any atom is 0.389 e. The lowest BCUT2D eigenvalue weighted by Crippen LogP contribution is -2.41. The van der Waals surface area contributed by atoms with Gasteiger partial charge in [-0.25, -0.2) is 0 Å². The predicted molar refractivity (Wildman–Crippen MR) is 65.7 cm³/mol. The van der Waals surface area contributed by atoms with Crippen molar-refractivity contribution in [1.82, 2.24) is 4.90 Å². The van der Waals surface area contributed by atoms with E-state index in [0.29, 0.717) is 19.5 Å². The van der Waals surface area contributed by atoms with Crippen molar-refractivity contribution in [3.05, 3.63) is 0 Å². The van der Waals surface area contributed by atoms with Crippen LogP contribution in [0.4, 0.5) is 13.2 Å². The van der Waals surface area contributed by atoms with E-state index < -0.39 is 18.2 Å². The maximum absolute atomic E-state index is 12.1. The lowest BCUT2D eigenvalue weighted by atomic mass is 10.1. The zero-order valence-electron chi connectivity index (χ0n) is 11.7. The average molecular weight is 281 g/mol. The first-order chi connectivity index (χ1) is 8.58. The first-order valence-corrected chi connectivity index (χ1v) is 6.62. The lowest BCUT2D eigenvalue weighted by Gasteiger charge is -2.27. The number of hydrogen-bond acceptors (Lipinski definition) is 3. The number of halogens is 3. The van der Waals surface area contributed by atoms with Crippen LogP contribution in [0.15, 0.2) is 0 Å². The summed E-state index contributed by atoms with van der Waals surface area (Å²) in [4.78, 5) is 13.8. The summed E-state index contributed by atoms with van der Waals surface area (Å²) in [5.41, 5.74) is -0.558. The summed E-state index contributed by atoms with van der Waals surface area (Å²) in [7, 11) is 0. The largest absolute Gasteiger partial charge is 0.459 e. The molecule has 0 radical (unpaired) electrons. The molecule has 3 nitrogen and oxygen atoms in total. The van der Waals surface area contributed by atoms with Crippen molar-refractivity contribution in [3.8, 4) is 0 Å². The second-order valence-corrected chi connectivity index (χ2v) is 5.95. The molecule has 1 rings (SSSR count). The van der Waals surface area contributed by atoms with Crippen LogP contribution in [0.1, 0.15) is 46.5 Å². The van der Waals surface area contributed by atoms with E-state index in [9.17, 15) is 18.0 Å². The molecule has 0 aromatic heterocycles. The van der Waals surface area contributed by atoms with Crippen molar-refractivity contribution in [2.24, 2.45) is 0 Å². The molecule has 0 unspecified atom stereocenters. The molecule has 0 N–H and O–H groups in total. The van der Waals surface area contributed by atoms with Gasteiger partial charge < -0.3 is 4.74 Å². The van der Waals surface area contributed by atoms with Gasteiger partial charge in [-0.1, -0.05) is 0 Å². The van der Waals surface area contributed by atoms with Crippen LogP contribution >= 0.6 is 0 Å². The molecule has 0 aromatic rings. The molecule has 0 bridgehead atoms. The molecule has 0 spiro atoms. The molecule has 1 saturated heterocycles. The van der Waals surface area contributed by atoms with Crippen molar-refractivity contribution >= 4 is 5.97 Å². The van der Waals surface area contributed by atoms with Gasteiger partial charge in [0, 0.05) is 6.42 Å². The standard InChI is InChI=1S/C13H22F3NO2/c1-12(2,3)19-11(18)10-6-4-8-17(10)9-5-7-13(14,15)16/h10H,4-9H2,1-3H3/t10-/m1/s1. The van der Waals surface area contributed by atoms with Crippen molar-refractivity contribution in [3.63, 3.8) is 0 Å². The number of hydrogen-bond donors (Lipinski definition) is 0. The van der Waals surface area contributed by atoms with E-state index >= 15 is 0 Å². The molecule has 0 aromatic carbocycles. The van der Waals surface area contributed by atoms with Crippen LogP contribution < -0.4 is 0 Å². The fraction of sp³-hybridized carbons (Fsp3) is 0.923. The number of rotatable bonds is 4. The van der Waals surface area contributed by atoms with E-state index in [1.165, 1.54) is 0 Å². The smallest absolute Gasteiger partial charge is 0.389 e. The van der Waals surface area contributed by atoms with E-state index in [4.69, 9.17) is 4.74 Å². The molecule has 1 fully saturated rings. The molecule has 0 saturated carbocycles. The van der Waals surface area contributed by atoms with Gasteiger partial charge in [-0.05, 0) is 53.1 Å². The average Bonchev–Trinajstić information content (AvgIpc) is 2.61. The minimum Gasteiger partial charge on any atom is -0.459 e. The van der Waals surface area contributed by atoms with Gasteiger partial charge in [0.05, 0.1) is 0 Å². The number of carbonyl (C=O) groups is 1. The third-order valence-corrected chi connectivity index (χ3v) is 2.95. The highest BCUT2D eigenvalue weighted by Crippen LogP contribution is 2.25. The molecule has 0 amide bonds. The first-order valence-electron chi connectivity index (χ1n) is 6.62. The fourth-order valence-electron chi connectivity index (χ4n) is 2.21. The normalized spacial score (nSPS) is 21.7. The van der Waals surface area contributed by atoms with Crippen molar-refractivity contribution < 1.29 is 22.7 Å². The van der Waals surface area contributed by atoms with E-state index in [2.05, 4.69) is 0 Å². The molecular formula is C13H22F3NO2. The zero-order chi connectivity index (χ0) is 14.7. The van der Waals surface area contributed by atoms with Gasteiger partial charge in [0.1, 0.15) is 11.6 Å². The fourth-order valence-corrected chi connectivity index (χ4v) is 2.21. The Morgan fingerprint density at radius 1 is 1.32 bits per heavy atom. The molecular weight excluding hydrogens is 259 g/mol. The summed E-state index contributed by atoms with van der Waals surface area (Å²) in [6, 6.07) is -0.382. The highest BCUT2D eigenvalue weighted by Gasteiger charge is 2.34. The molecule has 112 valence electrons. The van der Waals surface area contributed by atoms with Crippen molar-refractivity contribution in [2.45, 2.75) is 64.3 Å². The van der Waals surface area contributed by atoms with Crippen molar-refractivity contribution in [2.75, 3.05) is 13.1 Å². The summed E-state index contributed by atoms with van der Waals surface area (Å²) in [5, 5.41) is 0. The summed E-state index contributed by atoms with van der Waals surface area (Å²) >= 11 is 0. The Bertz CT molecular complexity index is 310. The van der Waals surface area contributed by atoms with Gasteiger partial charge >= 0.3 is 12.1 Å². The Balaban J connectivity index is 2.43. The number of carbonyl (C=O) groups excluding carboxylic acids is 1. The van der Waals surface area contributed by atoms with Crippen LogP contribution in [0.25, 0.3) is 0 Å². The third-order valence-electron chi connectivity index (χ3n) is 2.95. The molecule has 1 heterocycles. The molecule has 19 heavy (non-hydrogen) atoms. The lowest BCUT2D eigenvalue weighted by molar-refractivity contribution is -0.160. The monoisotopic (exact) mass is 281 g/mol. The Hall–Kier alpha value is -0.780. The summed E-state index contributed by atoms with van der Waals surface area (Å²) in [6.07, 6.45) is -3.40. The Morgan fingerprint density at radius 2 is 1.95 bits per heavy atom. The second-order valence-electron chi connectivity index (χ2n) is 5.95. The quantitative estimate of drug-likeness (QED) is 0.741. The van der Waals surface area contributed by atoms with Gasteiger partial charge in [-0.3, -0.25) is 9.69 Å². The van der Waals surface area contributed by atoms with Crippen LogP contribution in [-0.2, 0) is 9.53 Å². The van der Waals surface area contributed by atoms with Gasteiger partial charge in [0.15, 0.2) is 0 Å². The second kappa shape index (κ2) is 6.11. The van der Waals surface area contributed by atoms with Crippen molar-refractivity contribution in [1.29, 1.82) is 0 Å². The summed E-state index contributed by atoms with van der Waals surface area (Å²) in [6.45, 7) is 6.32. The number of alkyl halides is 3. The minimum atomic E-state index is -4.12. The maximum atomic E-state index is 12.1. The summed E-state index contributed by atoms with van der Waals surface area (Å²) < 4.78 is 41.6. The van der Waals surface area contributed by atoms with E-state index in [1.807, 2.05) is 0 Å². The SMILES string of the molecule is CC(C)(C)OC(=O)[C@H]1CCCN1CCCC(F)(F)F. The number of likely N-dealkylation sites (tertiary alicyclic amines) is 1. The van der Waals surface area contributed by atoms with Gasteiger partial charge in [-0.15, -0.1) is 0 Å². The topological polar surface area (TPSA) is 29.5 Å². The van der Waals surface area contributed by atoms with Crippen LogP contribution in [0.5, 0.6) is 0 Å². The van der Waals surface area contributed by atoms with Crippen LogP contribution in [0.3, 0.4) is 0 Å². The van der Waals surface area contributed by atoms with Crippen LogP contribution in [-0.4, -0.2) is 41.8 Å². The minimum absolute atomic E-state index is 0.0306. The highest BCUT2D eigenvalue weighted by atomic mass is 19.4. The van der Waals surface area contributed by atoms with Gasteiger partial charge in [-0.2, -0.15) is 13.2 Å². The van der Waals surface area contributed by atoms with Crippen LogP contribution in [0.2, 0.25) is 0 Å². The van der Waals surface area contributed by atoms with E-state index in [1.54, 1.807) is 25.7 Å². The number of ether oxygens (including phenoxy) is 1. The van der Waals surface area contributed by atoms with Gasteiger partial charge in [0.2, 0.25) is 0 Å². The highest BCUT2D eigenvalue weighted by molar-refractivity contribution is 5.76. The molecule has 1 atom stereocenters. The number of esters is 1. The predicted octanol–water partition coefficient (Wildman–Crippen LogP) is 3.14. The van der Waals surface area contributed by atoms with E-state index in [-0.39, 0.29) is 18.4 Å². The Labute approximate surface area is 112 Å². The molecule has 6 heteroatoms. The first kappa shape index (κ1) is 16.3. The van der Waals surface area contributed by atoms with Gasteiger partial charge in [0.25, 0.3) is 0 Å². The van der Waals surface area contributed by atoms with Crippen LogP contribution in [0, 0.1) is 0 Å². The Morgan fingerprint density at radius 3 is 2.47 bits per heavy atom. The third kappa shape index (κ3) is 6.27.